The van der Waals surface area contributed by atoms with Crippen molar-refractivity contribution in [2.75, 3.05) is 6.79 Å². The van der Waals surface area contributed by atoms with Crippen LogP contribution in [0.4, 0.5) is 0 Å². The number of carbonyl (C=O) groups is 1. The summed E-state index contributed by atoms with van der Waals surface area (Å²) in [6.07, 6.45) is 1.52. The van der Waals surface area contributed by atoms with E-state index in [1.54, 1.807) is 18.2 Å². The van der Waals surface area contributed by atoms with Gasteiger partial charge in [0.25, 0.3) is 5.91 Å². The lowest BCUT2D eigenvalue weighted by Gasteiger charge is -2.01. The first-order valence-electron chi connectivity index (χ1n) is 6.08. The Morgan fingerprint density at radius 2 is 2.19 bits per heavy atom. The van der Waals surface area contributed by atoms with Crippen molar-refractivity contribution < 1.29 is 14.3 Å². The van der Waals surface area contributed by atoms with Crippen molar-refractivity contribution in [1.82, 2.24) is 15.6 Å². The fourth-order valence-corrected chi connectivity index (χ4v) is 2.21. The largest absolute Gasteiger partial charge is 0.454 e. The van der Waals surface area contributed by atoms with Gasteiger partial charge >= 0.3 is 0 Å². The zero-order valence-electron chi connectivity index (χ0n) is 11.0. The average Bonchev–Trinajstić information content (AvgIpc) is 3.07. The Morgan fingerprint density at radius 1 is 1.43 bits per heavy atom. The molecule has 108 valence electrons. The highest BCUT2D eigenvalue weighted by atomic mass is 79.9. The lowest BCUT2D eigenvalue weighted by molar-refractivity contribution is 0.0950. The molecule has 1 aromatic heterocycles. The summed E-state index contributed by atoms with van der Waals surface area (Å²) in [7, 11) is 0. The molecule has 21 heavy (non-hydrogen) atoms. The van der Waals surface area contributed by atoms with E-state index in [2.05, 4.69) is 36.7 Å². The van der Waals surface area contributed by atoms with E-state index >= 15 is 0 Å². The van der Waals surface area contributed by atoms with Crippen LogP contribution in [0, 0.1) is 6.92 Å². The molecule has 0 saturated carbocycles. The third-order valence-electron chi connectivity index (χ3n) is 2.80. The van der Waals surface area contributed by atoms with Crippen molar-refractivity contribution >= 4 is 28.1 Å². The topological polar surface area (TPSA) is 88.6 Å². The summed E-state index contributed by atoms with van der Waals surface area (Å²) in [6, 6.07) is 5.21. The van der Waals surface area contributed by atoms with Crippen LogP contribution in [0.2, 0.25) is 0 Å². The molecule has 2 aromatic rings. The van der Waals surface area contributed by atoms with E-state index in [-0.39, 0.29) is 18.4 Å². The first kappa shape index (κ1) is 13.6. The third-order valence-corrected chi connectivity index (χ3v) is 3.49. The smallest absolute Gasteiger partial charge is 0.291 e. The van der Waals surface area contributed by atoms with Gasteiger partial charge in [-0.05, 0) is 41.1 Å². The van der Waals surface area contributed by atoms with Gasteiger partial charge in [-0.25, -0.2) is 5.43 Å². The van der Waals surface area contributed by atoms with Crippen molar-refractivity contribution in [1.29, 1.82) is 0 Å². The first-order valence-corrected chi connectivity index (χ1v) is 6.87. The standard InChI is InChI=1S/C13H11BrN4O3/c1-7-2-10(17-16-7)13(19)18-15-5-8-3-11-12(4-9(8)14)21-6-20-11/h2-5H,6H2,1H3,(H,16,17)(H,18,19). The molecule has 1 aliphatic rings. The second-order valence-corrected chi connectivity index (χ2v) is 5.22. The minimum atomic E-state index is -0.382. The number of hydrogen-bond acceptors (Lipinski definition) is 5. The highest BCUT2D eigenvalue weighted by Gasteiger charge is 2.15. The number of ether oxygens (including phenoxy) is 2. The number of hydrazone groups is 1. The maximum absolute atomic E-state index is 11.8. The number of rotatable bonds is 3. The minimum absolute atomic E-state index is 0.206. The SMILES string of the molecule is Cc1cc(C(=O)NN=Cc2cc3c(cc2Br)OCO3)n[nH]1. The maximum atomic E-state index is 11.8. The number of carbonyl (C=O) groups excluding carboxylic acids is 1. The summed E-state index contributed by atoms with van der Waals surface area (Å²) in [5.74, 6) is 0.941. The third kappa shape index (κ3) is 2.89. The van der Waals surface area contributed by atoms with Gasteiger partial charge in [0.2, 0.25) is 6.79 Å². The summed E-state index contributed by atoms with van der Waals surface area (Å²) in [4.78, 5) is 11.8. The van der Waals surface area contributed by atoms with E-state index in [0.717, 1.165) is 15.7 Å². The quantitative estimate of drug-likeness (QED) is 0.654. The molecule has 2 heterocycles. The van der Waals surface area contributed by atoms with Crippen LogP contribution in [0.1, 0.15) is 21.7 Å². The van der Waals surface area contributed by atoms with Crippen LogP contribution in [0.15, 0.2) is 27.8 Å². The molecule has 0 atom stereocenters. The van der Waals surface area contributed by atoms with Crippen molar-refractivity contribution in [2.24, 2.45) is 5.10 Å². The number of nitrogens with zero attached hydrogens (tertiary/aromatic N) is 2. The van der Waals surface area contributed by atoms with Crippen LogP contribution in [0.5, 0.6) is 11.5 Å². The number of nitrogens with one attached hydrogen (secondary N) is 2. The molecule has 0 aliphatic carbocycles. The summed E-state index contributed by atoms with van der Waals surface area (Å²) in [5, 5.41) is 10.5. The predicted molar refractivity (Wildman–Crippen MR) is 78.6 cm³/mol. The zero-order valence-corrected chi connectivity index (χ0v) is 12.6. The second kappa shape index (κ2) is 5.57. The second-order valence-electron chi connectivity index (χ2n) is 4.36. The van der Waals surface area contributed by atoms with E-state index in [9.17, 15) is 4.79 Å². The Labute approximate surface area is 128 Å². The molecule has 1 amide bonds. The minimum Gasteiger partial charge on any atom is -0.454 e. The van der Waals surface area contributed by atoms with E-state index in [4.69, 9.17) is 9.47 Å². The predicted octanol–water partition coefficient (Wildman–Crippen LogP) is 1.97. The molecule has 1 aromatic carbocycles. The van der Waals surface area contributed by atoms with Gasteiger partial charge in [-0.1, -0.05) is 0 Å². The van der Waals surface area contributed by atoms with Crippen molar-refractivity contribution in [3.8, 4) is 11.5 Å². The van der Waals surface area contributed by atoms with Gasteiger partial charge in [0.1, 0.15) is 0 Å². The number of fused-ring (bicyclic) bond motifs is 1. The van der Waals surface area contributed by atoms with Crippen molar-refractivity contribution in [2.45, 2.75) is 6.92 Å². The maximum Gasteiger partial charge on any atom is 0.291 e. The normalized spacial score (nSPS) is 12.9. The van der Waals surface area contributed by atoms with Gasteiger partial charge in [-0.3, -0.25) is 9.89 Å². The number of benzene rings is 1. The lowest BCUT2D eigenvalue weighted by atomic mass is 10.2. The van der Waals surface area contributed by atoms with Crippen LogP contribution in [-0.2, 0) is 0 Å². The van der Waals surface area contributed by atoms with Crippen LogP contribution in [-0.4, -0.2) is 29.1 Å². The fraction of sp³-hybridized carbons (Fsp3) is 0.154. The molecule has 0 bridgehead atoms. The van der Waals surface area contributed by atoms with E-state index in [1.807, 2.05) is 6.92 Å². The highest BCUT2D eigenvalue weighted by Crippen LogP contribution is 2.36. The van der Waals surface area contributed by atoms with Crippen molar-refractivity contribution in [3.05, 3.63) is 39.6 Å². The van der Waals surface area contributed by atoms with E-state index in [0.29, 0.717) is 11.5 Å². The van der Waals surface area contributed by atoms with Gasteiger partial charge in [0.05, 0.1) is 6.21 Å². The number of amides is 1. The summed E-state index contributed by atoms with van der Waals surface area (Å²) >= 11 is 3.41. The van der Waals surface area contributed by atoms with E-state index < -0.39 is 0 Å². The Kier molecular flexibility index (Phi) is 3.61. The molecule has 0 saturated heterocycles. The van der Waals surface area contributed by atoms with Gasteiger partial charge in [0, 0.05) is 15.7 Å². The van der Waals surface area contributed by atoms with Gasteiger partial charge in [0.15, 0.2) is 17.2 Å². The molecule has 7 nitrogen and oxygen atoms in total. The number of aryl methyl sites for hydroxylation is 1. The first-order chi connectivity index (χ1) is 10.1. The Balaban J connectivity index is 1.70. The monoisotopic (exact) mass is 350 g/mol. The number of aromatic nitrogens is 2. The highest BCUT2D eigenvalue weighted by molar-refractivity contribution is 9.10. The van der Waals surface area contributed by atoms with E-state index in [1.165, 1.54) is 6.21 Å². The molecular formula is C13H11BrN4O3. The summed E-state index contributed by atoms with van der Waals surface area (Å²) in [5.41, 5.74) is 4.27. The number of halogens is 1. The molecule has 3 rings (SSSR count). The van der Waals surface area contributed by atoms with Crippen molar-refractivity contribution in [3.63, 3.8) is 0 Å². The number of hydrogen-bond donors (Lipinski definition) is 2. The fourth-order valence-electron chi connectivity index (χ4n) is 1.78. The molecule has 0 unspecified atom stereocenters. The van der Waals surface area contributed by atoms with Gasteiger partial charge in [-0.2, -0.15) is 10.2 Å². The summed E-state index contributed by atoms with van der Waals surface area (Å²) < 4.78 is 11.3. The van der Waals surface area contributed by atoms with Crippen LogP contribution in [0.25, 0.3) is 0 Å². The van der Waals surface area contributed by atoms with Crippen LogP contribution in [0.3, 0.4) is 0 Å². The van der Waals surface area contributed by atoms with Gasteiger partial charge < -0.3 is 9.47 Å². The zero-order chi connectivity index (χ0) is 14.8. The molecule has 0 spiro atoms. The molecular weight excluding hydrogens is 340 g/mol. The molecule has 0 radical (unpaired) electrons. The Bertz CT molecular complexity index is 726. The van der Waals surface area contributed by atoms with Crippen LogP contribution < -0.4 is 14.9 Å². The Morgan fingerprint density at radius 3 is 2.90 bits per heavy atom. The molecule has 0 fully saturated rings. The molecule has 1 aliphatic heterocycles. The number of H-pyrrole nitrogens is 1. The Hall–Kier alpha value is -2.35. The van der Waals surface area contributed by atoms with Gasteiger partial charge in [-0.15, -0.1) is 0 Å². The average molecular weight is 351 g/mol. The summed E-state index contributed by atoms with van der Waals surface area (Å²) in [6.45, 7) is 2.02. The lowest BCUT2D eigenvalue weighted by Crippen LogP contribution is -2.18. The molecule has 8 heteroatoms. The number of aromatic amines is 1. The van der Waals surface area contributed by atoms with Crippen LogP contribution >= 0.6 is 15.9 Å². The molecule has 2 N–H and O–H groups in total.